The van der Waals surface area contributed by atoms with Gasteiger partial charge in [-0.05, 0) is 12.1 Å². The second-order valence-electron chi connectivity index (χ2n) is 4.22. The van der Waals surface area contributed by atoms with Crippen LogP contribution >= 0.6 is 11.6 Å². The number of anilines is 1. The van der Waals surface area contributed by atoms with E-state index in [0.29, 0.717) is 24.1 Å². The molecule has 3 heterocycles. The lowest BCUT2D eigenvalue weighted by molar-refractivity contribution is 0.122. The van der Waals surface area contributed by atoms with Gasteiger partial charge in [0, 0.05) is 25.4 Å². The molecule has 2 aromatic heterocycles. The van der Waals surface area contributed by atoms with Crippen LogP contribution in [0.25, 0.3) is 0 Å². The van der Waals surface area contributed by atoms with Gasteiger partial charge in [-0.2, -0.15) is 9.97 Å². The zero-order valence-electron chi connectivity index (χ0n) is 10.7. The van der Waals surface area contributed by atoms with Crippen LogP contribution in [0.3, 0.4) is 0 Å². The summed E-state index contributed by atoms with van der Waals surface area (Å²) in [7, 11) is 0. The third-order valence-corrected chi connectivity index (χ3v) is 3.03. The lowest BCUT2D eigenvalue weighted by Gasteiger charge is -2.27. The molecule has 104 valence electrons. The van der Waals surface area contributed by atoms with Gasteiger partial charge < -0.3 is 14.4 Å². The Morgan fingerprint density at radius 2 is 2.10 bits per heavy atom. The van der Waals surface area contributed by atoms with Crippen molar-refractivity contribution in [2.75, 3.05) is 31.2 Å². The molecule has 0 amide bonds. The Balaban J connectivity index is 1.82. The van der Waals surface area contributed by atoms with Crippen LogP contribution in [-0.2, 0) is 4.74 Å². The molecule has 0 saturated carbocycles. The highest BCUT2D eigenvalue weighted by molar-refractivity contribution is 6.29. The standard InChI is InChI=1S/C13H13ClN4O2/c14-11-8-12(18-4-6-19-7-5-18)17-13(16-11)20-10-2-1-3-15-9-10/h1-3,8-9H,4-7H2. The fraction of sp³-hybridized carbons (Fsp3) is 0.308. The summed E-state index contributed by atoms with van der Waals surface area (Å²) >= 11 is 6.03. The van der Waals surface area contributed by atoms with Gasteiger partial charge in [0.05, 0.1) is 19.4 Å². The van der Waals surface area contributed by atoms with Crippen molar-refractivity contribution in [3.8, 4) is 11.8 Å². The zero-order valence-corrected chi connectivity index (χ0v) is 11.5. The van der Waals surface area contributed by atoms with Crippen LogP contribution in [0.15, 0.2) is 30.6 Å². The second kappa shape index (κ2) is 6.02. The summed E-state index contributed by atoms with van der Waals surface area (Å²) in [5.41, 5.74) is 0. The van der Waals surface area contributed by atoms with Gasteiger partial charge in [0.25, 0.3) is 0 Å². The van der Waals surface area contributed by atoms with Crippen molar-refractivity contribution in [3.05, 3.63) is 35.7 Å². The summed E-state index contributed by atoms with van der Waals surface area (Å²) < 4.78 is 10.9. The minimum atomic E-state index is 0.215. The molecule has 0 atom stereocenters. The predicted octanol–water partition coefficient (Wildman–Crippen LogP) is 2.15. The van der Waals surface area contributed by atoms with Gasteiger partial charge in [0.1, 0.15) is 16.7 Å². The van der Waals surface area contributed by atoms with Crippen LogP contribution in [0, 0.1) is 0 Å². The van der Waals surface area contributed by atoms with E-state index >= 15 is 0 Å². The van der Waals surface area contributed by atoms with Crippen molar-refractivity contribution in [2.24, 2.45) is 0 Å². The molecule has 0 aromatic carbocycles. The number of pyridine rings is 1. The monoisotopic (exact) mass is 292 g/mol. The van der Waals surface area contributed by atoms with Crippen molar-refractivity contribution in [3.63, 3.8) is 0 Å². The van der Waals surface area contributed by atoms with E-state index in [2.05, 4.69) is 19.9 Å². The Bertz CT molecular complexity index is 576. The van der Waals surface area contributed by atoms with Crippen molar-refractivity contribution >= 4 is 17.4 Å². The number of nitrogens with zero attached hydrogens (tertiary/aromatic N) is 4. The normalized spacial score (nSPS) is 15.2. The first-order valence-corrected chi connectivity index (χ1v) is 6.64. The quantitative estimate of drug-likeness (QED) is 0.808. The van der Waals surface area contributed by atoms with Crippen LogP contribution in [-0.4, -0.2) is 41.3 Å². The first kappa shape index (κ1) is 13.1. The molecule has 1 fully saturated rings. The molecule has 0 radical (unpaired) electrons. The maximum atomic E-state index is 6.03. The minimum absolute atomic E-state index is 0.215. The Morgan fingerprint density at radius 3 is 2.85 bits per heavy atom. The SMILES string of the molecule is Clc1cc(N2CCOCC2)nc(Oc2cccnc2)n1. The average Bonchev–Trinajstić information content (AvgIpc) is 2.49. The third-order valence-electron chi connectivity index (χ3n) is 2.84. The molecule has 1 saturated heterocycles. The fourth-order valence-corrected chi connectivity index (χ4v) is 2.07. The molecule has 0 unspecified atom stereocenters. The van der Waals surface area contributed by atoms with Gasteiger partial charge in [0.15, 0.2) is 0 Å². The molecule has 20 heavy (non-hydrogen) atoms. The smallest absolute Gasteiger partial charge is 0.325 e. The molecule has 7 heteroatoms. The molecule has 1 aliphatic rings. The summed E-state index contributed by atoms with van der Waals surface area (Å²) in [6.45, 7) is 2.92. The Kier molecular flexibility index (Phi) is 3.94. The van der Waals surface area contributed by atoms with Crippen molar-refractivity contribution in [2.45, 2.75) is 0 Å². The van der Waals surface area contributed by atoms with Gasteiger partial charge in [-0.15, -0.1) is 0 Å². The number of aromatic nitrogens is 3. The van der Waals surface area contributed by atoms with Crippen LogP contribution in [0.2, 0.25) is 5.15 Å². The fourth-order valence-electron chi connectivity index (χ4n) is 1.90. The highest BCUT2D eigenvalue weighted by atomic mass is 35.5. The summed E-state index contributed by atoms with van der Waals surface area (Å²) in [4.78, 5) is 14.5. The maximum absolute atomic E-state index is 6.03. The lowest BCUT2D eigenvalue weighted by Crippen LogP contribution is -2.36. The molecule has 1 aliphatic heterocycles. The van der Waals surface area contributed by atoms with Gasteiger partial charge in [-0.3, -0.25) is 4.98 Å². The molecular formula is C13H13ClN4O2. The van der Waals surface area contributed by atoms with E-state index in [-0.39, 0.29) is 6.01 Å². The van der Waals surface area contributed by atoms with E-state index in [1.807, 2.05) is 0 Å². The van der Waals surface area contributed by atoms with Crippen LogP contribution in [0.4, 0.5) is 5.82 Å². The van der Waals surface area contributed by atoms with Crippen molar-refractivity contribution < 1.29 is 9.47 Å². The van der Waals surface area contributed by atoms with Gasteiger partial charge in [-0.1, -0.05) is 11.6 Å². The topological polar surface area (TPSA) is 60.4 Å². The number of halogens is 1. The van der Waals surface area contributed by atoms with E-state index in [4.69, 9.17) is 21.1 Å². The number of hydrogen-bond acceptors (Lipinski definition) is 6. The van der Waals surface area contributed by atoms with Gasteiger partial charge >= 0.3 is 6.01 Å². The highest BCUT2D eigenvalue weighted by Crippen LogP contribution is 2.23. The number of morpholine rings is 1. The van der Waals surface area contributed by atoms with Gasteiger partial charge in [0.2, 0.25) is 0 Å². The molecule has 0 N–H and O–H groups in total. The van der Waals surface area contributed by atoms with Crippen molar-refractivity contribution in [1.29, 1.82) is 0 Å². The zero-order chi connectivity index (χ0) is 13.8. The molecule has 0 aliphatic carbocycles. The Morgan fingerprint density at radius 1 is 1.25 bits per heavy atom. The summed E-state index contributed by atoms with van der Waals surface area (Å²) in [6, 6.07) is 5.50. The predicted molar refractivity (Wildman–Crippen MR) is 74.4 cm³/mol. The minimum Gasteiger partial charge on any atom is -0.423 e. The molecule has 2 aromatic rings. The summed E-state index contributed by atoms with van der Waals surface area (Å²) in [5.74, 6) is 1.31. The Hall–Kier alpha value is -1.92. The lowest BCUT2D eigenvalue weighted by atomic mass is 10.4. The number of hydrogen-bond donors (Lipinski definition) is 0. The van der Waals surface area contributed by atoms with Crippen LogP contribution in [0.1, 0.15) is 0 Å². The summed E-state index contributed by atoms with van der Waals surface area (Å²) in [5, 5.41) is 0.348. The van der Waals surface area contributed by atoms with E-state index in [0.717, 1.165) is 18.9 Å². The molecular weight excluding hydrogens is 280 g/mol. The average molecular weight is 293 g/mol. The van der Waals surface area contributed by atoms with E-state index in [1.165, 1.54) is 0 Å². The number of ether oxygens (including phenoxy) is 2. The van der Waals surface area contributed by atoms with Crippen molar-refractivity contribution in [1.82, 2.24) is 15.0 Å². The maximum Gasteiger partial charge on any atom is 0.325 e. The Labute approximate surface area is 121 Å². The van der Waals surface area contributed by atoms with E-state index in [1.54, 1.807) is 30.6 Å². The molecule has 0 spiro atoms. The molecule has 3 rings (SSSR count). The second-order valence-corrected chi connectivity index (χ2v) is 4.61. The van der Waals surface area contributed by atoms with Crippen LogP contribution < -0.4 is 9.64 Å². The van der Waals surface area contributed by atoms with E-state index in [9.17, 15) is 0 Å². The molecule has 6 nitrogen and oxygen atoms in total. The third kappa shape index (κ3) is 3.15. The first-order valence-electron chi connectivity index (χ1n) is 6.26. The van der Waals surface area contributed by atoms with E-state index < -0.39 is 0 Å². The summed E-state index contributed by atoms with van der Waals surface area (Å²) in [6.07, 6.45) is 3.27. The largest absolute Gasteiger partial charge is 0.423 e. The highest BCUT2D eigenvalue weighted by Gasteiger charge is 2.15. The first-order chi connectivity index (χ1) is 9.81. The van der Waals surface area contributed by atoms with Crippen LogP contribution in [0.5, 0.6) is 11.8 Å². The van der Waals surface area contributed by atoms with Gasteiger partial charge in [-0.25, -0.2) is 0 Å². The molecule has 0 bridgehead atoms. The number of rotatable bonds is 3.